The molecule has 0 aliphatic carbocycles. The molecule has 0 fully saturated rings. The van der Waals surface area contributed by atoms with Crippen LogP contribution in [0.25, 0.3) is 11.0 Å². The van der Waals surface area contributed by atoms with Crippen LogP contribution < -0.4 is 5.32 Å². The molecule has 0 radical (unpaired) electrons. The number of furan rings is 1. The van der Waals surface area contributed by atoms with Crippen molar-refractivity contribution in [1.29, 1.82) is 0 Å². The predicted molar refractivity (Wildman–Crippen MR) is 86.6 cm³/mol. The van der Waals surface area contributed by atoms with Gasteiger partial charge < -0.3 is 19.5 Å². The van der Waals surface area contributed by atoms with Gasteiger partial charge in [-0.3, -0.25) is 4.79 Å². The number of ether oxygens (including phenoxy) is 1. The number of imidazole rings is 1. The van der Waals surface area contributed by atoms with E-state index in [1.54, 1.807) is 0 Å². The van der Waals surface area contributed by atoms with Gasteiger partial charge in [0.25, 0.3) is 5.91 Å². The minimum absolute atomic E-state index is 0.0463. The van der Waals surface area contributed by atoms with Gasteiger partial charge in [0.1, 0.15) is 12.1 Å². The molecule has 0 saturated carbocycles. The van der Waals surface area contributed by atoms with Crippen LogP contribution in [0.3, 0.4) is 0 Å². The number of carbonyl (C=O) groups excluding carboxylic acids is 2. The summed E-state index contributed by atoms with van der Waals surface area (Å²) in [7, 11) is 1.27. The number of aromatic nitrogens is 2. The fourth-order valence-corrected chi connectivity index (χ4v) is 2.41. The number of H-pyrrole nitrogens is 1. The van der Waals surface area contributed by atoms with Gasteiger partial charge in [0.2, 0.25) is 0 Å². The molecule has 3 rings (SSSR count). The lowest BCUT2D eigenvalue weighted by atomic mass is 10.2. The molecule has 2 heterocycles. The van der Waals surface area contributed by atoms with Crippen LogP contribution in [0.15, 0.2) is 41.0 Å². The minimum atomic E-state index is -0.554. The molecular weight excluding hydrogens is 310 g/mol. The number of carbonyl (C=O) groups is 2. The van der Waals surface area contributed by atoms with Gasteiger partial charge in [-0.25, -0.2) is 9.78 Å². The third-order valence-corrected chi connectivity index (χ3v) is 3.70. The van der Waals surface area contributed by atoms with Crippen molar-refractivity contribution >= 4 is 22.9 Å². The quantitative estimate of drug-likeness (QED) is 0.702. The fraction of sp³-hybridized carbons (Fsp3) is 0.235. The Kier molecular flexibility index (Phi) is 4.33. The van der Waals surface area contributed by atoms with E-state index in [1.807, 2.05) is 31.2 Å². The Morgan fingerprint density at radius 2 is 2.17 bits per heavy atom. The second-order valence-electron chi connectivity index (χ2n) is 5.26. The molecule has 7 heteroatoms. The smallest absolute Gasteiger partial charge is 0.341 e. The first kappa shape index (κ1) is 15.8. The van der Waals surface area contributed by atoms with Gasteiger partial charge in [-0.2, -0.15) is 0 Å². The van der Waals surface area contributed by atoms with Crippen LogP contribution in [0.2, 0.25) is 0 Å². The highest BCUT2D eigenvalue weighted by atomic mass is 16.5. The van der Waals surface area contributed by atoms with Crippen LogP contribution >= 0.6 is 0 Å². The first-order chi connectivity index (χ1) is 11.6. The van der Waals surface area contributed by atoms with E-state index < -0.39 is 11.9 Å². The molecule has 1 unspecified atom stereocenters. The fourth-order valence-electron chi connectivity index (χ4n) is 2.41. The topological polar surface area (TPSA) is 97.2 Å². The maximum atomic E-state index is 12.3. The second-order valence-corrected chi connectivity index (χ2v) is 5.26. The van der Waals surface area contributed by atoms with E-state index in [0.29, 0.717) is 12.2 Å². The van der Waals surface area contributed by atoms with Crippen molar-refractivity contribution in [2.75, 3.05) is 7.11 Å². The van der Waals surface area contributed by atoms with Gasteiger partial charge in [0.05, 0.1) is 29.7 Å². The molecule has 7 nitrogen and oxygen atoms in total. The zero-order valence-corrected chi connectivity index (χ0v) is 13.3. The van der Waals surface area contributed by atoms with Gasteiger partial charge in [-0.05, 0) is 18.6 Å². The van der Waals surface area contributed by atoms with Crippen molar-refractivity contribution < 1.29 is 18.7 Å². The van der Waals surface area contributed by atoms with Gasteiger partial charge >= 0.3 is 5.97 Å². The normalized spacial score (nSPS) is 12.1. The van der Waals surface area contributed by atoms with Crippen LogP contribution in [-0.2, 0) is 4.74 Å². The lowest BCUT2D eigenvalue weighted by Crippen LogP contribution is -2.28. The van der Waals surface area contributed by atoms with Crippen molar-refractivity contribution in [3.8, 4) is 0 Å². The van der Waals surface area contributed by atoms with E-state index in [1.165, 1.54) is 19.4 Å². The van der Waals surface area contributed by atoms with E-state index in [0.717, 1.165) is 11.0 Å². The van der Waals surface area contributed by atoms with Gasteiger partial charge in [-0.1, -0.05) is 19.1 Å². The number of esters is 1. The lowest BCUT2D eigenvalue weighted by Gasteiger charge is -2.13. The van der Waals surface area contributed by atoms with E-state index in [2.05, 4.69) is 20.0 Å². The standard InChI is InChI=1S/C17H17N3O4/c1-3-11(15-18-12-6-4-5-7-13(12)19-15)20-16(21)14-8-10(9-24-14)17(22)23-2/h4-9,11H,3H2,1-2H3,(H,18,19)(H,20,21). The van der Waals surface area contributed by atoms with Crippen LogP contribution in [0, 0.1) is 0 Å². The third-order valence-electron chi connectivity index (χ3n) is 3.70. The van der Waals surface area contributed by atoms with Crippen LogP contribution in [0.4, 0.5) is 0 Å². The molecule has 1 atom stereocenters. The molecule has 1 amide bonds. The molecule has 2 N–H and O–H groups in total. The molecule has 0 spiro atoms. The zero-order chi connectivity index (χ0) is 17.1. The molecule has 0 aliphatic heterocycles. The van der Waals surface area contributed by atoms with Crippen molar-refractivity contribution in [3.05, 3.63) is 53.7 Å². The van der Waals surface area contributed by atoms with Crippen LogP contribution in [-0.4, -0.2) is 29.0 Å². The number of hydrogen-bond donors (Lipinski definition) is 2. The van der Waals surface area contributed by atoms with Crippen LogP contribution in [0.5, 0.6) is 0 Å². The van der Waals surface area contributed by atoms with Gasteiger partial charge in [-0.15, -0.1) is 0 Å². The highest BCUT2D eigenvalue weighted by molar-refractivity contribution is 5.96. The first-order valence-corrected chi connectivity index (χ1v) is 7.54. The number of hydrogen-bond acceptors (Lipinski definition) is 5. The average molecular weight is 327 g/mol. The third kappa shape index (κ3) is 3.01. The van der Waals surface area contributed by atoms with E-state index in [9.17, 15) is 9.59 Å². The number of nitrogens with zero attached hydrogens (tertiary/aromatic N) is 1. The van der Waals surface area contributed by atoms with Gasteiger partial charge in [0.15, 0.2) is 5.76 Å². The summed E-state index contributed by atoms with van der Waals surface area (Å²) < 4.78 is 9.74. The number of aromatic amines is 1. The first-order valence-electron chi connectivity index (χ1n) is 7.54. The molecule has 0 saturated heterocycles. The highest BCUT2D eigenvalue weighted by Crippen LogP contribution is 2.19. The molecule has 0 bridgehead atoms. The summed E-state index contributed by atoms with van der Waals surface area (Å²) in [4.78, 5) is 31.5. The highest BCUT2D eigenvalue weighted by Gasteiger charge is 2.21. The second kappa shape index (κ2) is 6.57. The number of fused-ring (bicyclic) bond motifs is 1. The van der Waals surface area contributed by atoms with E-state index >= 15 is 0 Å². The summed E-state index contributed by atoms with van der Waals surface area (Å²) in [5.74, 6) is -0.253. The Morgan fingerprint density at radius 1 is 1.38 bits per heavy atom. The summed E-state index contributed by atoms with van der Waals surface area (Å²) in [6, 6.07) is 8.71. The summed E-state index contributed by atoms with van der Waals surface area (Å²) in [5, 5.41) is 2.85. The molecule has 3 aromatic rings. The van der Waals surface area contributed by atoms with Crippen LogP contribution in [0.1, 0.15) is 46.1 Å². The number of rotatable bonds is 5. The van der Waals surface area contributed by atoms with Crippen molar-refractivity contribution in [3.63, 3.8) is 0 Å². The molecular formula is C17H17N3O4. The number of amides is 1. The zero-order valence-electron chi connectivity index (χ0n) is 13.3. The number of methoxy groups -OCH3 is 1. The SMILES string of the molecule is CCC(NC(=O)c1cc(C(=O)OC)co1)c1nc2ccccc2[nH]1. The molecule has 0 aliphatic rings. The van der Waals surface area contributed by atoms with Crippen molar-refractivity contribution in [2.24, 2.45) is 0 Å². The average Bonchev–Trinajstić information content (AvgIpc) is 3.25. The number of benzene rings is 1. The summed E-state index contributed by atoms with van der Waals surface area (Å²) in [5.41, 5.74) is 1.94. The largest absolute Gasteiger partial charge is 0.465 e. The van der Waals surface area contributed by atoms with Gasteiger partial charge in [0, 0.05) is 6.07 Å². The summed E-state index contributed by atoms with van der Waals surface area (Å²) >= 11 is 0. The maximum absolute atomic E-state index is 12.3. The Hall–Kier alpha value is -3.09. The Morgan fingerprint density at radius 3 is 2.88 bits per heavy atom. The van der Waals surface area contributed by atoms with Crippen molar-refractivity contribution in [1.82, 2.24) is 15.3 Å². The maximum Gasteiger partial charge on any atom is 0.341 e. The molecule has 24 heavy (non-hydrogen) atoms. The monoisotopic (exact) mass is 327 g/mol. The minimum Gasteiger partial charge on any atom is -0.465 e. The number of nitrogens with one attached hydrogen (secondary N) is 2. The molecule has 124 valence electrons. The molecule has 1 aromatic carbocycles. The molecule has 2 aromatic heterocycles. The predicted octanol–water partition coefficient (Wildman–Crippen LogP) is 2.82. The summed E-state index contributed by atoms with van der Waals surface area (Å²) in [6.07, 6.45) is 1.85. The number of para-hydroxylation sites is 2. The van der Waals surface area contributed by atoms with E-state index in [-0.39, 0.29) is 17.4 Å². The van der Waals surface area contributed by atoms with E-state index in [4.69, 9.17) is 4.42 Å². The lowest BCUT2D eigenvalue weighted by molar-refractivity contribution is 0.0599. The Labute approximate surface area is 138 Å². The Balaban J connectivity index is 1.78. The summed E-state index contributed by atoms with van der Waals surface area (Å²) in [6.45, 7) is 1.94. The van der Waals surface area contributed by atoms with Crippen molar-refractivity contribution in [2.45, 2.75) is 19.4 Å². The Bertz CT molecular complexity index is 848.